The minimum Gasteiger partial charge on any atom is -0.375 e. The lowest BCUT2D eigenvalue weighted by Crippen LogP contribution is -2.41. The molecular formula is C32H50N4O2. The average molecular weight is 523 g/mol. The fourth-order valence-corrected chi connectivity index (χ4v) is 4.51. The third kappa shape index (κ3) is 11.6. The molecule has 210 valence electrons. The number of hydrogen-bond acceptors (Lipinski definition) is 4. The molecule has 0 atom stereocenters. The maximum atomic E-state index is 12.5. The number of unbranched alkanes of at least 4 members (excludes halogenated alkanes) is 10. The van der Waals surface area contributed by atoms with Gasteiger partial charge in [0, 0.05) is 49.7 Å². The molecule has 2 rings (SSSR count). The minimum absolute atomic E-state index is 0.334. The van der Waals surface area contributed by atoms with Gasteiger partial charge in [-0.15, -0.1) is 0 Å². The standard InChI is InChI=1S/C32H50N4O2/c1-5-7-9-11-13-15-25-35(3)29-21-17-27(18-22-29)31(37)33-34-32(38)28-19-23-30(24-20-28)36(4)26-16-14-12-10-8-6-2/h17-24H,5-16,25-26H2,1-4H3,(H,33,37)(H,34,38). The molecular weight excluding hydrogens is 472 g/mol. The maximum absolute atomic E-state index is 12.5. The Morgan fingerprint density at radius 1 is 0.526 bits per heavy atom. The fraction of sp³-hybridized carbons (Fsp3) is 0.562. The molecule has 0 fully saturated rings. The van der Waals surface area contributed by atoms with Gasteiger partial charge in [0.1, 0.15) is 0 Å². The number of rotatable bonds is 18. The zero-order valence-electron chi connectivity index (χ0n) is 24.2. The summed E-state index contributed by atoms with van der Waals surface area (Å²) in [5, 5.41) is 0. The van der Waals surface area contributed by atoms with Crippen molar-refractivity contribution >= 4 is 23.2 Å². The van der Waals surface area contributed by atoms with E-state index in [0.717, 1.165) is 24.5 Å². The van der Waals surface area contributed by atoms with E-state index in [0.29, 0.717) is 11.1 Å². The van der Waals surface area contributed by atoms with Gasteiger partial charge in [0.2, 0.25) is 0 Å². The highest BCUT2D eigenvalue weighted by molar-refractivity contribution is 5.99. The summed E-state index contributed by atoms with van der Waals surface area (Å²) in [4.78, 5) is 29.5. The Kier molecular flexibility index (Phi) is 15.0. The molecule has 0 aliphatic carbocycles. The number of nitrogens with zero attached hydrogens (tertiary/aromatic N) is 2. The maximum Gasteiger partial charge on any atom is 0.269 e. The zero-order valence-corrected chi connectivity index (χ0v) is 24.2. The van der Waals surface area contributed by atoms with Gasteiger partial charge in [-0.25, -0.2) is 0 Å². The summed E-state index contributed by atoms with van der Waals surface area (Å²) < 4.78 is 0. The molecule has 0 radical (unpaired) electrons. The van der Waals surface area contributed by atoms with Crippen LogP contribution in [0.3, 0.4) is 0 Å². The van der Waals surface area contributed by atoms with Crippen LogP contribution in [0.15, 0.2) is 48.5 Å². The molecule has 0 spiro atoms. The van der Waals surface area contributed by atoms with Crippen LogP contribution in [0.25, 0.3) is 0 Å². The first kappa shape index (κ1) is 31.2. The number of carbonyl (C=O) groups excluding carboxylic acids is 2. The average Bonchev–Trinajstić information content (AvgIpc) is 2.95. The molecule has 2 N–H and O–H groups in total. The summed E-state index contributed by atoms with van der Waals surface area (Å²) >= 11 is 0. The van der Waals surface area contributed by atoms with E-state index in [1.165, 1.54) is 77.0 Å². The van der Waals surface area contributed by atoms with Gasteiger partial charge in [0.05, 0.1) is 0 Å². The second kappa shape index (κ2) is 18.3. The summed E-state index contributed by atoms with van der Waals surface area (Å²) in [6, 6.07) is 15.0. The van der Waals surface area contributed by atoms with Crippen molar-refractivity contribution in [3.8, 4) is 0 Å². The summed E-state index contributed by atoms with van der Waals surface area (Å²) in [6.07, 6.45) is 15.3. The molecule has 2 aromatic rings. The Bertz CT molecular complexity index is 850. The highest BCUT2D eigenvalue weighted by atomic mass is 16.2. The van der Waals surface area contributed by atoms with Crippen molar-refractivity contribution in [3.05, 3.63) is 59.7 Å². The number of carbonyl (C=O) groups is 2. The normalized spacial score (nSPS) is 10.7. The molecule has 0 saturated heterocycles. The van der Waals surface area contributed by atoms with E-state index in [1.54, 1.807) is 24.3 Å². The van der Waals surface area contributed by atoms with Crippen LogP contribution >= 0.6 is 0 Å². The molecule has 38 heavy (non-hydrogen) atoms. The minimum atomic E-state index is -0.334. The number of anilines is 2. The second-order valence-corrected chi connectivity index (χ2v) is 10.4. The molecule has 0 saturated carbocycles. The summed E-state index contributed by atoms with van der Waals surface area (Å²) in [7, 11) is 4.16. The van der Waals surface area contributed by atoms with Crippen molar-refractivity contribution in [3.63, 3.8) is 0 Å². The number of benzene rings is 2. The molecule has 0 heterocycles. The molecule has 6 nitrogen and oxygen atoms in total. The second-order valence-electron chi connectivity index (χ2n) is 10.4. The van der Waals surface area contributed by atoms with E-state index < -0.39 is 0 Å². The van der Waals surface area contributed by atoms with Gasteiger partial charge in [0.25, 0.3) is 11.8 Å². The topological polar surface area (TPSA) is 64.7 Å². The monoisotopic (exact) mass is 522 g/mol. The number of hydrogen-bond donors (Lipinski definition) is 2. The van der Waals surface area contributed by atoms with E-state index in [4.69, 9.17) is 0 Å². The molecule has 2 aromatic carbocycles. The molecule has 0 bridgehead atoms. The Hall–Kier alpha value is -3.02. The van der Waals surface area contributed by atoms with E-state index >= 15 is 0 Å². The lowest BCUT2D eigenvalue weighted by Gasteiger charge is -2.20. The van der Waals surface area contributed by atoms with E-state index in [2.05, 4.69) is 48.6 Å². The number of nitrogens with one attached hydrogen (secondary N) is 2. The number of amides is 2. The van der Waals surface area contributed by atoms with Crippen molar-refractivity contribution in [2.75, 3.05) is 37.0 Å². The fourth-order valence-electron chi connectivity index (χ4n) is 4.51. The molecule has 0 aromatic heterocycles. The third-order valence-corrected chi connectivity index (χ3v) is 7.12. The van der Waals surface area contributed by atoms with Gasteiger partial charge in [-0.1, -0.05) is 78.1 Å². The Labute approximate surface area is 231 Å². The molecule has 2 amide bonds. The predicted molar refractivity (Wildman–Crippen MR) is 161 cm³/mol. The molecule has 0 aliphatic heterocycles. The molecule has 0 aliphatic rings. The highest BCUT2D eigenvalue weighted by Crippen LogP contribution is 2.17. The zero-order chi connectivity index (χ0) is 27.6. The highest BCUT2D eigenvalue weighted by Gasteiger charge is 2.11. The summed E-state index contributed by atoms with van der Waals surface area (Å²) in [5.74, 6) is -0.669. The smallest absolute Gasteiger partial charge is 0.269 e. The van der Waals surface area contributed by atoms with E-state index in [-0.39, 0.29) is 11.8 Å². The lowest BCUT2D eigenvalue weighted by atomic mass is 10.1. The molecule has 0 unspecified atom stereocenters. The first-order valence-corrected chi connectivity index (χ1v) is 14.7. The van der Waals surface area contributed by atoms with Crippen LogP contribution in [-0.4, -0.2) is 39.0 Å². The SMILES string of the molecule is CCCCCCCCN(C)c1ccc(C(=O)NNC(=O)c2ccc(N(C)CCCCCCCC)cc2)cc1. The Balaban J connectivity index is 1.73. The quantitative estimate of drug-likeness (QED) is 0.159. The first-order chi connectivity index (χ1) is 18.5. The van der Waals surface area contributed by atoms with Crippen LogP contribution in [0.4, 0.5) is 11.4 Å². The van der Waals surface area contributed by atoms with Gasteiger partial charge in [0.15, 0.2) is 0 Å². The van der Waals surface area contributed by atoms with Crippen molar-refractivity contribution in [2.24, 2.45) is 0 Å². The van der Waals surface area contributed by atoms with Crippen LogP contribution in [0.5, 0.6) is 0 Å². The van der Waals surface area contributed by atoms with E-state index in [9.17, 15) is 9.59 Å². The van der Waals surface area contributed by atoms with Crippen molar-refractivity contribution in [1.29, 1.82) is 0 Å². The summed E-state index contributed by atoms with van der Waals surface area (Å²) in [5.41, 5.74) is 8.24. The van der Waals surface area contributed by atoms with Gasteiger partial charge < -0.3 is 9.80 Å². The Morgan fingerprint density at radius 2 is 0.842 bits per heavy atom. The van der Waals surface area contributed by atoms with Gasteiger partial charge in [-0.05, 0) is 61.4 Å². The van der Waals surface area contributed by atoms with Crippen molar-refractivity contribution < 1.29 is 9.59 Å². The molecule has 6 heteroatoms. The van der Waals surface area contributed by atoms with Crippen molar-refractivity contribution in [1.82, 2.24) is 10.9 Å². The largest absolute Gasteiger partial charge is 0.375 e. The Morgan fingerprint density at radius 3 is 1.18 bits per heavy atom. The van der Waals surface area contributed by atoms with Crippen LogP contribution in [-0.2, 0) is 0 Å². The van der Waals surface area contributed by atoms with E-state index in [1.807, 2.05) is 24.3 Å². The third-order valence-electron chi connectivity index (χ3n) is 7.12. The van der Waals surface area contributed by atoms with Crippen LogP contribution in [0.2, 0.25) is 0 Å². The lowest BCUT2D eigenvalue weighted by molar-refractivity contribution is 0.0846. The van der Waals surface area contributed by atoms with Crippen LogP contribution < -0.4 is 20.7 Å². The number of hydrazine groups is 1. The first-order valence-electron chi connectivity index (χ1n) is 14.7. The van der Waals surface area contributed by atoms with Crippen LogP contribution in [0.1, 0.15) is 112 Å². The van der Waals surface area contributed by atoms with Gasteiger partial charge in [-0.3, -0.25) is 20.4 Å². The van der Waals surface area contributed by atoms with Crippen LogP contribution in [0, 0.1) is 0 Å². The van der Waals surface area contributed by atoms with Gasteiger partial charge in [-0.2, -0.15) is 0 Å². The van der Waals surface area contributed by atoms with Gasteiger partial charge >= 0.3 is 0 Å². The summed E-state index contributed by atoms with van der Waals surface area (Å²) in [6.45, 7) is 6.48. The predicted octanol–water partition coefficient (Wildman–Crippen LogP) is 7.35. The van der Waals surface area contributed by atoms with Crippen molar-refractivity contribution in [2.45, 2.75) is 90.9 Å².